The number of piperidine rings is 1. The number of hydrogen-bond donors (Lipinski definition) is 4. The highest BCUT2D eigenvalue weighted by atomic mass is 16.7. The van der Waals surface area contributed by atoms with E-state index in [1.165, 1.54) is 19.1 Å². The zero-order valence-corrected chi connectivity index (χ0v) is 40.0. The molecule has 2 saturated heterocycles. The summed E-state index contributed by atoms with van der Waals surface area (Å²) in [5.74, 6) is -7.12. The second kappa shape index (κ2) is 22.3. The van der Waals surface area contributed by atoms with Crippen LogP contribution in [-0.2, 0) is 38.1 Å². The molecule has 0 radical (unpaired) electrons. The van der Waals surface area contributed by atoms with Gasteiger partial charge in [0.05, 0.1) is 24.4 Å². The average Bonchev–Trinajstić information content (AvgIpc) is 3.29. The van der Waals surface area contributed by atoms with Gasteiger partial charge in [-0.05, 0) is 131 Å². The molecule has 3 fully saturated rings. The lowest BCUT2D eigenvalue weighted by Gasteiger charge is -2.47. The smallest absolute Gasteiger partial charge is 0.329 e. The largest absolute Gasteiger partial charge is 0.508 e. The number of nitrogens with zero attached hydrogens (tertiary/aromatic N) is 1. The number of ketones is 2. The normalized spacial score (nSPS) is 36.2. The van der Waals surface area contributed by atoms with Crippen LogP contribution in [0.1, 0.15) is 112 Å². The molecule has 4 aliphatic rings. The number of phenols is 1. The summed E-state index contributed by atoms with van der Waals surface area (Å²) in [7, 11) is 3.06. The highest BCUT2D eigenvalue weighted by Gasteiger charge is 2.56. The number of aliphatic hydroxyl groups excluding tert-OH is 2. The molecular formula is C52H73NO13. The summed E-state index contributed by atoms with van der Waals surface area (Å²) < 4.78 is 30.8. The molecule has 3 aliphatic heterocycles. The van der Waals surface area contributed by atoms with Gasteiger partial charge in [-0.3, -0.25) is 14.4 Å². The molecule has 1 amide bonds. The van der Waals surface area contributed by atoms with Crippen LogP contribution in [0.4, 0.5) is 0 Å². The zero-order valence-electron chi connectivity index (χ0n) is 40.0. The molecule has 66 heavy (non-hydrogen) atoms. The first kappa shape index (κ1) is 51.2. The molecule has 14 unspecified atom stereocenters. The van der Waals surface area contributed by atoms with Gasteiger partial charge in [-0.15, -0.1) is 0 Å². The summed E-state index contributed by atoms with van der Waals surface area (Å²) in [6.45, 7) is 11.2. The zero-order chi connectivity index (χ0) is 48.0. The van der Waals surface area contributed by atoms with Gasteiger partial charge in [0, 0.05) is 44.9 Å². The third-order valence-corrected chi connectivity index (χ3v) is 14.7. The molecule has 6 rings (SSSR count). The Labute approximate surface area is 389 Å². The molecule has 2 bridgehead atoms. The summed E-state index contributed by atoms with van der Waals surface area (Å²) >= 11 is 0. The summed E-state index contributed by atoms with van der Waals surface area (Å²) in [5, 5.41) is 46.7. The van der Waals surface area contributed by atoms with E-state index in [1.54, 1.807) is 38.1 Å². The van der Waals surface area contributed by atoms with Crippen LogP contribution < -0.4 is 4.74 Å². The van der Waals surface area contributed by atoms with Gasteiger partial charge < -0.3 is 49.0 Å². The quantitative estimate of drug-likeness (QED) is 0.129. The average molecular weight is 920 g/mol. The van der Waals surface area contributed by atoms with E-state index >= 15 is 0 Å². The molecule has 4 N–H and O–H groups in total. The first-order valence-corrected chi connectivity index (χ1v) is 24.0. The number of aromatic hydroxyl groups is 1. The Morgan fingerprint density at radius 2 is 1.58 bits per heavy atom. The number of amides is 1. The molecule has 2 aromatic rings. The van der Waals surface area contributed by atoms with Crippen molar-refractivity contribution in [3.63, 3.8) is 0 Å². The molecule has 14 nitrogen and oxygen atoms in total. The Morgan fingerprint density at radius 1 is 0.879 bits per heavy atom. The molecule has 0 aromatic heterocycles. The van der Waals surface area contributed by atoms with E-state index in [2.05, 4.69) is 0 Å². The van der Waals surface area contributed by atoms with E-state index in [1.807, 2.05) is 52.0 Å². The number of rotatable bonds is 7. The van der Waals surface area contributed by atoms with Crippen molar-refractivity contribution in [2.45, 2.75) is 167 Å². The first-order chi connectivity index (χ1) is 31.4. The lowest BCUT2D eigenvalue weighted by molar-refractivity contribution is -0.302. The molecule has 14 heteroatoms. The fourth-order valence-electron chi connectivity index (χ4n) is 10.7. The van der Waals surface area contributed by atoms with Crippen molar-refractivity contribution in [2.24, 2.45) is 29.6 Å². The highest BCUT2D eigenvalue weighted by Crippen LogP contribution is 2.40. The standard InChI is InChI=1S/C52H73NO13/c1-9-35-21-29(2)20-30(3)22-45(62-7)48-46(63-8)24-32(5)52(61,66-48)49(58)50(59)53-19-11-10-12-40(53)51(60)65-47(33(6)42(56)28-43(35)57)31(4)23-34-13-18-41(55)44(25-34)64-39-17-15-36-26-38(54)16-14-37(36)27-39/h14-17,21,23,26-27,30,32-35,40-42,44-48,54-56,61H,9-13,18-20,22,24-25,28H2,1-8H3. The van der Waals surface area contributed by atoms with Gasteiger partial charge in [-0.2, -0.15) is 0 Å². The van der Waals surface area contributed by atoms with E-state index in [0.717, 1.165) is 16.3 Å². The Hall–Kier alpha value is -4.18. The van der Waals surface area contributed by atoms with Crippen LogP contribution in [0.5, 0.6) is 11.5 Å². The SMILES string of the molecule is CCC1C=C(C)CC(C)CC(OC)C2OC(O)(C(=O)C(=O)N3CCCCC3C(=O)OC(C(C)=CC3CCC(O)C(Oc4ccc5cc(O)ccc5c4)C3)C(C)C(O)CC1=O)C(C)CC2OC. The van der Waals surface area contributed by atoms with Crippen LogP contribution in [0.15, 0.2) is 59.7 Å². The van der Waals surface area contributed by atoms with Gasteiger partial charge in [0.15, 0.2) is 0 Å². The number of carbonyl (C=O) groups is 4. The number of cyclic esters (lactones) is 1. The van der Waals surface area contributed by atoms with Crippen LogP contribution >= 0.6 is 0 Å². The second-order valence-corrected chi connectivity index (χ2v) is 19.7. The molecule has 2 aromatic carbocycles. The van der Waals surface area contributed by atoms with Gasteiger partial charge >= 0.3 is 5.97 Å². The van der Waals surface area contributed by atoms with Crippen LogP contribution in [-0.4, -0.2) is 124 Å². The maximum atomic E-state index is 14.5. The van der Waals surface area contributed by atoms with E-state index < -0.39 is 90.0 Å². The minimum Gasteiger partial charge on any atom is -0.508 e. The predicted octanol–water partition coefficient (Wildman–Crippen LogP) is 6.76. The molecule has 1 saturated carbocycles. The van der Waals surface area contributed by atoms with Crippen molar-refractivity contribution in [3.05, 3.63) is 59.7 Å². The minimum atomic E-state index is -2.53. The lowest BCUT2D eigenvalue weighted by Crippen LogP contribution is -2.64. The third-order valence-electron chi connectivity index (χ3n) is 14.7. The lowest BCUT2D eigenvalue weighted by atomic mass is 9.81. The minimum absolute atomic E-state index is 0.0152. The number of fused-ring (bicyclic) bond motifs is 4. The van der Waals surface area contributed by atoms with E-state index in [-0.39, 0.29) is 49.2 Å². The third kappa shape index (κ3) is 11.7. The van der Waals surface area contributed by atoms with Gasteiger partial charge in [-0.25, -0.2) is 4.79 Å². The monoisotopic (exact) mass is 920 g/mol. The Kier molecular flexibility index (Phi) is 17.3. The van der Waals surface area contributed by atoms with Crippen LogP contribution in [0.2, 0.25) is 0 Å². The van der Waals surface area contributed by atoms with Crippen molar-refractivity contribution >= 4 is 34.2 Å². The van der Waals surface area contributed by atoms with Gasteiger partial charge in [-0.1, -0.05) is 57.6 Å². The summed E-state index contributed by atoms with van der Waals surface area (Å²) in [4.78, 5) is 58.4. The first-order valence-electron chi connectivity index (χ1n) is 24.0. The summed E-state index contributed by atoms with van der Waals surface area (Å²) in [6, 6.07) is 9.42. The Bertz CT molecular complexity index is 2100. The number of benzene rings is 2. The second-order valence-electron chi connectivity index (χ2n) is 19.7. The molecule has 3 heterocycles. The Morgan fingerprint density at radius 3 is 2.29 bits per heavy atom. The number of hydrogen-bond acceptors (Lipinski definition) is 13. The van der Waals surface area contributed by atoms with Crippen molar-refractivity contribution in [2.75, 3.05) is 20.8 Å². The van der Waals surface area contributed by atoms with Gasteiger partial charge in [0.1, 0.15) is 41.6 Å². The number of esters is 1. The van der Waals surface area contributed by atoms with Gasteiger partial charge in [0.25, 0.3) is 11.7 Å². The number of carbonyl (C=O) groups excluding carboxylic acids is 4. The molecule has 14 atom stereocenters. The maximum Gasteiger partial charge on any atom is 0.329 e. The molecule has 364 valence electrons. The van der Waals surface area contributed by atoms with E-state index in [0.29, 0.717) is 62.7 Å². The summed E-state index contributed by atoms with van der Waals surface area (Å²) in [6.07, 6.45) is 2.73. The highest BCUT2D eigenvalue weighted by molar-refractivity contribution is 6.39. The van der Waals surface area contributed by atoms with Crippen LogP contribution in [0.25, 0.3) is 10.8 Å². The van der Waals surface area contributed by atoms with Crippen molar-refractivity contribution in [1.82, 2.24) is 4.90 Å². The van der Waals surface area contributed by atoms with Crippen molar-refractivity contribution in [3.8, 4) is 11.5 Å². The number of Topliss-reactive ketones (excluding diaryl/α,β-unsaturated/α-hetero) is 2. The van der Waals surface area contributed by atoms with Crippen LogP contribution in [0.3, 0.4) is 0 Å². The predicted molar refractivity (Wildman–Crippen MR) is 247 cm³/mol. The molecule has 1 aliphatic carbocycles. The molecular weight excluding hydrogens is 847 g/mol. The number of aliphatic hydroxyl groups is 3. The van der Waals surface area contributed by atoms with Crippen LogP contribution in [0, 0.1) is 29.6 Å². The number of ether oxygens (including phenoxy) is 5. The topological polar surface area (TPSA) is 199 Å². The number of allylic oxidation sites excluding steroid dienone is 3. The van der Waals surface area contributed by atoms with Crippen molar-refractivity contribution < 1.29 is 63.3 Å². The van der Waals surface area contributed by atoms with Crippen molar-refractivity contribution in [1.29, 1.82) is 0 Å². The van der Waals surface area contributed by atoms with E-state index in [4.69, 9.17) is 23.7 Å². The summed E-state index contributed by atoms with van der Waals surface area (Å²) in [5.41, 5.74) is 1.60. The molecule has 0 spiro atoms. The van der Waals surface area contributed by atoms with Gasteiger partial charge in [0.2, 0.25) is 5.79 Å². The maximum absolute atomic E-state index is 14.5. The fourth-order valence-corrected chi connectivity index (χ4v) is 10.7. The fraction of sp³-hybridized carbons (Fsp3) is 0.654. The van der Waals surface area contributed by atoms with E-state index in [9.17, 15) is 39.6 Å². The number of phenolic OH excluding ortho intramolecular Hbond substituents is 1. The number of methoxy groups -OCH3 is 2. The Balaban J connectivity index is 1.32.